The highest BCUT2D eigenvalue weighted by molar-refractivity contribution is 6.32. The molecule has 120 heavy (non-hydrogen) atoms. The van der Waals surface area contributed by atoms with Crippen LogP contribution >= 0.6 is 23.2 Å². The highest BCUT2D eigenvalue weighted by atomic mass is 35.5. The van der Waals surface area contributed by atoms with E-state index in [4.69, 9.17) is 73.6 Å². The van der Waals surface area contributed by atoms with E-state index in [-0.39, 0.29) is 42.8 Å². The van der Waals surface area contributed by atoms with Gasteiger partial charge in [-0.05, 0) is 146 Å². The van der Waals surface area contributed by atoms with Crippen LogP contribution in [-0.4, -0.2) is 209 Å². The molecule has 7 heterocycles. The third-order valence-corrected chi connectivity index (χ3v) is 21.7. The summed E-state index contributed by atoms with van der Waals surface area (Å²) in [5.74, 6) is -17.8. The number of aliphatic hydroxyl groups is 6. The van der Waals surface area contributed by atoms with E-state index < -0.39 is 266 Å². The Balaban J connectivity index is 1.12. The smallest absolute Gasteiger partial charge is 0.326 e. The van der Waals surface area contributed by atoms with Crippen molar-refractivity contribution in [3.63, 3.8) is 0 Å². The van der Waals surface area contributed by atoms with Gasteiger partial charge in [-0.2, -0.15) is 0 Å². The summed E-state index contributed by atoms with van der Waals surface area (Å²) in [5, 5.41) is 137. The van der Waals surface area contributed by atoms with E-state index >= 15 is 19.2 Å². The van der Waals surface area contributed by atoms with Crippen molar-refractivity contribution in [3.8, 4) is 62.9 Å². The zero-order chi connectivity index (χ0) is 87.0. The second-order valence-corrected chi connectivity index (χ2v) is 31.0. The van der Waals surface area contributed by atoms with E-state index in [0.717, 1.165) is 72.3 Å². The summed E-state index contributed by atoms with van der Waals surface area (Å²) < 4.78 is 45.3. The number of unbranched alkanes of at least 4 members (excludes halogenated alkanes) is 1. The highest BCUT2D eigenvalue weighted by Gasteiger charge is 2.52. The molecule has 0 saturated carbocycles. The monoisotopic (exact) mass is 1710 g/mol. The lowest BCUT2D eigenvalue weighted by Crippen LogP contribution is -2.65. The van der Waals surface area contributed by atoms with Crippen LogP contribution in [0.25, 0.3) is 11.1 Å². The lowest BCUT2D eigenvalue weighted by Gasteiger charge is -2.48. The average molecular weight is 1710 g/mol. The van der Waals surface area contributed by atoms with Crippen molar-refractivity contribution in [2.24, 2.45) is 23.1 Å². The number of nitrogens with two attached hydrogens (primary N) is 3. The molecule has 11 bridgehead atoms. The van der Waals surface area contributed by atoms with Gasteiger partial charge < -0.3 is 144 Å². The van der Waals surface area contributed by atoms with E-state index in [2.05, 4.69) is 49.1 Å². The average Bonchev–Trinajstić information content (AvgIpc) is 0.774. The van der Waals surface area contributed by atoms with Crippen LogP contribution in [0, 0.1) is 5.92 Å². The first-order valence-electron chi connectivity index (χ1n) is 38.3. The van der Waals surface area contributed by atoms with E-state index in [1.165, 1.54) is 26.0 Å². The minimum absolute atomic E-state index is 0.0279. The molecule has 6 aromatic rings. The molecule has 37 nitrogen and oxygen atoms in total. The van der Waals surface area contributed by atoms with Crippen molar-refractivity contribution in [3.05, 3.63) is 159 Å². The predicted molar refractivity (Wildman–Crippen MR) is 424 cm³/mol. The number of amides is 8. The van der Waals surface area contributed by atoms with Crippen LogP contribution in [0.15, 0.2) is 116 Å². The first-order chi connectivity index (χ1) is 57.0. The van der Waals surface area contributed by atoms with Gasteiger partial charge in [0.05, 0.1) is 47.9 Å². The molecule has 0 aromatic heterocycles. The fraction of sp³-hybridized carbons (Fsp3) is 0.420. The molecule has 39 heteroatoms. The number of carbonyl (C=O) groups is 9. The third kappa shape index (κ3) is 20.4. The Morgan fingerprint density at radius 1 is 0.733 bits per heavy atom. The quantitative estimate of drug-likeness (QED) is 0.0304. The molecule has 0 spiro atoms. The maximum Gasteiger partial charge on any atom is 0.326 e. The molecule has 7 aliphatic rings. The molecule has 7 aliphatic heterocycles. The number of aliphatic hydroxyl groups excluding tert-OH is 6. The van der Waals surface area contributed by atoms with Gasteiger partial charge in [-0.3, -0.25) is 38.4 Å². The van der Waals surface area contributed by atoms with Crippen molar-refractivity contribution in [1.29, 1.82) is 0 Å². The van der Waals surface area contributed by atoms with Crippen LogP contribution in [-0.2, 0) is 63.9 Å². The van der Waals surface area contributed by atoms with Gasteiger partial charge in [0.15, 0.2) is 23.9 Å². The number of carbonyl (C=O) groups excluding carboxylic acids is 8. The topological polar surface area (TPSA) is 595 Å². The Morgan fingerprint density at radius 3 is 2.02 bits per heavy atom. The van der Waals surface area contributed by atoms with Gasteiger partial charge in [-0.1, -0.05) is 79.9 Å². The van der Waals surface area contributed by atoms with Crippen LogP contribution in [0.5, 0.6) is 51.7 Å². The molecule has 6 aromatic carbocycles. The fourth-order valence-corrected chi connectivity index (χ4v) is 15.0. The number of ether oxygens (including phenoxy) is 7. The molecular weight excluding hydrogens is 1610 g/mol. The largest absolute Gasteiger partial charge is 0.508 e. The third-order valence-electron chi connectivity index (χ3n) is 21.1. The normalized spacial score (nSPS) is 26.8. The zero-order valence-electron chi connectivity index (χ0n) is 65.1. The van der Waals surface area contributed by atoms with Crippen molar-refractivity contribution in [1.82, 2.24) is 42.5 Å². The van der Waals surface area contributed by atoms with Gasteiger partial charge in [-0.25, -0.2) is 4.79 Å². The number of phenols is 3. The first-order valence-corrected chi connectivity index (χ1v) is 39.1. The summed E-state index contributed by atoms with van der Waals surface area (Å²) in [6, 6.07) is 4.12. The summed E-state index contributed by atoms with van der Waals surface area (Å²) in [6.07, 6.45) is -16.1. The maximum absolute atomic E-state index is 16.3. The van der Waals surface area contributed by atoms with Crippen LogP contribution in [0.4, 0.5) is 0 Å². The van der Waals surface area contributed by atoms with Gasteiger partial charge >= 0.3 is 5.97 Å². The van der Waals surface area contributed by atoms with E-state index in [9.17, 15) is 75.0 Å². The predicted octanol–water partition coefficient (Wildman–Crippen LogP) is 1.86. The number of fused-ring (bicyclic) bond motifs is 15. The van der Waals surface area contributed by atoms with Crippen LogP contribution in [0.3, 0.4) is 0 Å². The molecule has 0 radical (unpaired) electrons. The summed E-state index contributed by atoms with van der Waals surface area (Å²) in [6.45, 7) is 9.63. The highest BCUT2D eigenvalue weighted by Crippen LogP contribution is 2.50. The van der Waals surface area contributed by atoms with Gasteiger partial charge in [0.2, 0.25) is 59.3 Å². The minimum atomic E-state index is -2.41. The molecule has 19 atom stereocenters. The number of rotatable bonds is 24. The molecule has 24 N–H and O–H groups in total. The summed E-state index contributed by atoms with van der Waals surface area (Å²) >= 11 is 14.3. The van der Waals surface area contributed by atoms with Crippen molar-refractivity contribution in [2.45, 2.75) is 188 Å². The maximum atomic E-state index is 16.3. The number of aromatic hydroxyl groups is 3. The van der Waals surface area contributed by atoms with Crippen LogP contribution < -0.4 is 78.7 Å². The molecule has 0 aliphatic carbocycles. The number of primary amides is 1. The van der Waals surface area contributed by atoms with Crippen LogP contribution in [0.1, 0.15) is 130 Å². The van der Waals surface area contributed by atoms with Crippen molar-refractivity contribution < 1.29 is 127 Å². The SMILES string of the molecule is C=CCCOc1cccc(CN[C@@]2(C)C[C@H](O[C@H]3[C@H](Oc4c5cc6cc4Oc4ccc(cc4Cl)[C@@H](O)[C@@H](NC(=O)[C@@H](N)CCCCN)C(=O)N[C@@H](CC(N)=O)C(=O)N[C@H]6C(=O)N[C@H]4C(=O)N[C@H](C(=O)N[C@H](C(=O)N[C@H](C(=O)O)C(C)C)c6cc(O)cc(O)c6-c6cc4ccc6O)[C@H](O)c4ccc(c(Cl)c4)O5)O[C@H](CO)[C@@H](O)[C@@H]3O)O[C@@H](C)[C@H]2O)c1. The number of phenolic OH excluding ortho intramolecular Hbond substituents is 3. The van der Waals surface area contributed by atoms with Gasteiger partial charge in [0.25, 0.3) is 0 Å². The van der Waals surface area contributed by atoms with Crippen molar-refractivity contribution >= 4 is 76.4 Å². The molecule has 13 rings (SSSR count). The summed E-state index contributed by atoms with van der Waals surface area (Å²) in [5.41, 5.74) is 14.2. The Bertz CT molecular complexity index is 4870. The van der Waals surface area contributed by atoms with Crippen molar-refractivity contribution in [2.75, 3.05) is 19.8 Å². The Morgan fingerprint density at radius 2 is 1.38 bits per heavy atom. The fourth-order valence-electron chi connectivity index (χ4n) is 14.5. The molecule has 644 valence electrons. The number of carboxylic acid groups (broad SMARTS) is 1. The van der Waals surface area contributed by atoms with E-state index in [1.54, 1.807) is 38.1 Å². The van der Waals surface area contributed by atoms with E-state index in [0.29, 0.717) is 31.6 Å². The number of halogens is 2. The molecule has 8 amide bonds. The number of nitrogens with one attached hydrogen (secondary N) is 8. The van der Waals surface area contributed by atoms with E-state index in [1.807, 2.05) is 6.07 Å². The number of aliphatic carboxylic acids is 1. The molecule has 0 unspecified atom stereocenters. The molecular formula is C81H95Cl2N11O26. The first kappa shape index (κ1) is 89.8. The number of hydrogen-bond donors (Lipinski definition) is 21. The minimum Gasteiger partial charge on any atom is -0.508 e. The summed E-state index contributed by atoms with van der Waals surface area (Å²) in [4.78, 5) is 133. The zero-order valence-corrected chi connectivity index (χ0v) is 66.6. The number of benzene rings is 6. The van der Waals surface area contributed by atoms with Gasteiger partial charge in [0, 0.05) is 35.7 Å². The lowest BCUT2D eigenvalue weighted by molar-refractivity contribution is -0.334. The Labute approximate surface area is 696 Å². The second-order valence-electron chi connectivity index (χ2n) is 30.2. The lowest BCUT2D eigenvalue weighted by atomic mass is 9.84. The number of carboxylic acids is 1. The second kappa shape index (κ2) is 38.6. The standard InChI is InChI=1S/C81H95Cl2N11O26/c1-6-7-21-114-42-12-10-11-36(22-42)32-87-81(5)31-57(115-35(4)71(81)104)119-70-68(103)67(102)55(33-95)118-80(70)120-69-53-26-40-27-54(69)117-52-19-16-39(25-46(52)83)66(101)64-78(111)92-62(76(109)89-59(34(2)3)79(112)113)44-28-41(96)29-50(98)58(44)43-23-37(14-17-49(43)97)60(74(107)94-64)91-75(108)61(40)90-73(106)48(30-56(86)99)88-77(110)63(93-72(105)47(85)13-8-9-20-84)65(100)38-15-18-51(116-53)45(82)24-38/h6,10-12,14-19,22-29,34-35,47-48,55,57,59-68,70-71,80,87,95-98,100-104H,1,7-9,13,20-21,30-33,84-85H2,2-5H3,(H2,86,99)(H,88,110)(H,89,109)(H,90,106)(H,91,108)(H,92,111)(H,93,105)(H,94,107)(H,112,113)/t35-,47-,48-,55+,57-,59-,60+,61+,62-,63+,64-,65+,66+,67+,68-,70+,71+,80-,81-/m0/s1. The number of hydrogen-bond acceptors (Lipinski definition) is 28. The summed E-state index contributed by atoms with van der Waals surface area (Å²) in [7, 11) is 0. The van der Waals surface area contributed by atoms with Crippen LogP contribution in [0.2, 0.25) is 10.0 Å². The Kier molecular flexibility index (Phi) is 28.9. The molecule has 2 saturated heterocycles. The van der Waals surface area contributed by atoms with Gasteiger partial charge in [-0.15, -0.1) is 6.58 Å². The molecule has 2 fully saturated rings. The van der Waals surface area contributed by atoms with Gasteiger partial charge in [0.1, 0.15) is 107 Å². The Hall–Kier alpha value is -11.0.